The molecule has 7 nitrogen and oxygen atoms in total. The lowest BCUT2D eigenvalue weighted by Gasteiger charge is -2.25. The molecule has 0 spiro atoms. The lowest BCUT2D eigenvalue weighted by atomic mass is 9.96. The summed E-state index contributed by atoms with van der Waals surface area (Å²) in [6.07, 6.45) is 6.91. The van der Waals surface area contributed by atoms with Crippen molar-refractivity contribution < 1.29 is 14.3 Å². The van der Waals surface area contributed by atoms with E-state index in [-0.39, 0.29) is 12.5 Å². The maximum absolute atomic E-state index is 12.0. The summed E-state index contributed by atoms with van der Waals surface area (Å²) in [6, 6.07) is 6.50. The molecule has 168 valence electrons. The predicted molar refractivity (Wildman–Crippen MR) is 121 cm³/mol. The number of benzene rings is 1. The van der Waals surface area contributed by atoms with Crippen LogP contribution in [-0.2, 0) is 11.2 Å². The maximum atomic E-state index is 12.0. The third-order valence-corrected chi connectivity index (χ3v) is 5.13. The van der Waals surface area contributed by atoms with Crippen molar-refractivity contribution in [3.63, 3.8) is 0 Å². The van der Waals surface area contributed by atoms with Crippen molar-refractivity contribution in [1.82, 2.24) is 15.5 Å². The lowest BCUT2D eigenvalue weighted by Crippen LogP contribution is -2.45. The van der Waals surface area contributed by atoms with E-state index in [2.05, 4.69) is 21.7 Å². The van der Waals surface area contributed by atoms with Gasteiger partial charge in [-0.1, -0.05) is 25.3 Å². The molecule has 1 aromatic rings. The van der Waals surface area contributed by atoms with Crippen LogP contribution in [0.25, 0.3) is 0 Å². The molecule has 1 amide bonds. The van der Waals surface area contributed by atoms with E-state index in [0.29, 0.717) is 31.8 Å². The largest absolute Gasteiger partial charge is 0.490 e. The summed E-state index contributed by atoms with van der Waals surface area (Å²) in [5.74, 6) is 2.27. The topological polar surface area (TPSA) is 75.2 Å². The van der Waals surface area contributed by atoms with Crippen molar-refractivity contribution in [2.45, 2.75) is 58.4 Å². The molecule has 0 bridgehead atoms. The molecule has 1 aromatic carbocycles. The molecule has 1 aliphatic rings. The zero-order valence-electron chi connectivity index (χ0n) is 19.0. The molecule has 0 aromatic heterocycles. The highest BCUT2D eigenvalue weighted by Gasteiger charge is 2.15. The third-order valence-electron chi connectivity index (χ3n) is 5.13. The number of ether oxygens (including phenoxy) is 2. The first-order chi connectivity index (χ1) is 14.5. The van der Waals surface area contributed by atoms with Gasteiger partial charge in [0.2, 0.25) is 5.91 Å². The van der Waals surface area contributed by atoms with Gasteiger partial charge in [0.1, 0.15) is 6.54 Å². The Balaban J connectivity index is 1.97. The maximum Gasteiger partial charge on any atom is 0.243 e. The average Bonchev–Trinajstić information content (AvgIpc) is 2.74. The second kappa shape index (κ2) is 13.0. The zero-order chi connectivity index (χ0) is 21.8. The highest BCUT2D eigenvalue weighted by molar-refractivity contribution is 5.84. The van der Waals surface area contributed by atoms with Gasteiger partial charge in [-0.15, -0.1) is 0 Å². The summed E-state index contributed by atoms with van der Waals surface area (Å²) >= 11 is 0. The van der Waals surface area contributed by atoms with E-state index in [4.69, 9.17) is 9.47 Å². The summed E-state index contributed by atoms with van der Waals surface area (Å²) < 4.78 is 11.4. The van der Waals surface area contributed by atoms with Crippen molar-refractivity contribution in [3.8, 4) is 11.5 Å². The van der Waals surface area contributed by atoms with E-state index in [1.165, 1.54) is 19.3 Å². The number of nitrogens with one attached hydrogen (secondary N) is 2. The van der Waals surface area contributed by atoms with Gasteiger partial charge >= 0.3 is 0 Å². The second-order valence-corrected chi connectivity index (χ2v) is 7.76. The SMILES string of the molecule is CCOc1ccc(CCNC(=NCC(=O)N(C)C)NC2CCCCC2)cc1OCC. The molecule has 30 heavy (non-hydrogen) atoms. The first-order valence-electron chi connectivity index (χ1n) is 11.2. The fourth-order valence-corrected chi connectivity index (χ4v) is 3.46. The van der Waals surface area contributed by atoms with Crippen LogP contribution >= 0.6 is 0 Å². The summed E-state index contributed by atoms with van der Waals surface area (Å²) in [4.78, 5) is 18.0. The van der Waals surface area contributed by atoms with Crippen molar-refractivity contribution in [1.29, 1.82) is 0 Å². The summed E-state index contributed by atoms with van der Waals surface area (Å²) in [5, 5.41) is 6.91. The number of hydrogen-bond donors (Lipinski definition) is 2. The van der Waals surface area contributed by atoms with E-state index in [1.807, 2.05) is 26.0 Å². The number of carbonyl (C=O) groups is 1. The van der Waals surface area contributed by atoms with Gasteiger partial charge in [-0.2, -0.15) is 0 Å². The van der Waals surface area contributed by atoms with Crippen molar-refractivity contribution in [2.24, 2.45) is 4.99 Å². The minimum Gasteiger partial charge on any atom is -0.490 e. The molecule has 1 aliphatic carbocycles. The summed E-state index contributed by atoms with van der Waals surface area (Å²) in [7, 11) is 3.50. The smallest absolute Gasteiger partial charge is 0.243 e. The first kappa shape index (κ1) is 23.8. The van der Waals surface area contributed by atoms with Crippen LogP contribution in [0.5, 0.6) is 11.5 Å². The van der Waals surface area contributed by atoms with E-state index < -0.39 is 0 Å². The molecule has 7 heteroatoms. The Hall–Kier alpha value is -2.44. The molecule has 0 atom stereocenters. The van der Waals surface area contributed by atoms with Crippen molar-refractivity contribution >= 4 is 11.9 Å². The van der Waals surface area contributed by atoms with Crippen LogP contribution in [0.4, 0.5) is 0 Å². The van der Waals surface area contributed by atoms with Crippen LogP contribution in [0, 0.1) is 0 Å². The molecule has 0 saturated heterocycles. The number of guanidine groups is 1. The average molecular weight is 419 g/mol. The Labute approximate surface area is 181 Å². The Morgan fingerprint density at radius 1 is 1.10 bits per heavy atom. The molecule has 2 N–H and O–H groups in total. The minimum absolute atomic E-state index is 0.00684. The zero-order valence-corrected chi connectivity index (χ0v) is 19.0. The Morgan fingerprint density at radius 3 is 2.47 bits per heavy atom. The normalized spacial score (nSPS) is 14.9. The Kier molecular flexibility index (Phi) is 10.3. The van der Waals surface area contributed by atoms with Crippen LogP contribution in [0.2, 0.25) is 0 Å². The predicted octanol–water partition coefficient (Wildman–Crippen LogP) is 2.98. The highest BCUT2D eigenvalue weighted by atomic mass is 16.5. The second-order valence-electron chi connectivity index (χ2n) is 7.76. The van der Waals surface area contributed by atoms with E-state index in [9.17, 15) is 4.79 Å². The van der Waals surface area contributed by atoms with Crippen molar-refractivity contribution in [3.05, 3.63) is 23.8 Å². The van der Waals surface area contributed by atoms with Gasteiger partial charge in [0.15, 0.2) is 17.5 Å². The number of likely N-dealkylation sites (N-methyl/N-ethyl adjacent to an activating group) is 1. The van der Waals surface area contributed by atoms with Crippen LogP contribution in [0.3, 0.4) is 0 Å². The number of rotatable bonds is 10. The van der Waals surface area contributed by atoms with E-state index in [1.54, 1.807) is 19.0 Å². The molecule has 0 unspecified atom stereocenters. The monoisotopic (exact) mass is 418 g/mol. The van der Waals surface area contributed by atoms with Crippen LogP contribution in [0.15, 0.2) is 23.2 Å². The highest BCUT2D eigenvalue weighted by Crippen LogP contribution is 2.28. The van der Waals surface area contributed by atoms with E-state index >= 15 is 0 Å². The fourth-order valence-electron chi connectivity index (χ4n) is 3.46. The van der Waals surface area contributed by atoms with Gasteiger partial charge in [-0.3, -0.25) is 4.79 Å². The van der Waals surface area contributed by atoms with Crippen LogP contribution < -0.4 is 20.1 Å². The van der Waals surface area contributed by atoms with Crippen molar-refractivity contribution in [2.75, 3.05) is 40.4 Å². The van der Waals surface area contributed by atoms with Crippen LogP contribution in [0.1, 0.15) is 51.5 Å². The molecule has 1 fully saturated rings. The quantitative estimate of drug-likeness (QED) is 0.451. The number of amides is 1. The van der Waals surface area contributed by atoms with Gasteiger partial charge in [0.25, 0.3) is 0 Å². The van der Waals surface area contributed by atoms with Gasteiger partial charge in [0, 0.05) is 26.7 Å². The number of aliphatic imine (C=N–C) groups is 1. The molecule has 0 radical (unpaired) electrons. The van der Waals surface area contributed by atoms with Gasteiger partial charge in [-0.25, -0.2) is 4.99 Å². The third kappa shape index (κ3) is 8.13. The lowest BCUT2D eigenvalue weighted by molar-refractivity contribution is -0.127. The molecule has 2 rings (SSSR count). The fraction of sp³-hybridized carbons (Fsp3) is 0.652. The van der Waals surface area contributed by atoms with E-state index in [0.717, 1.165) is 36.3 Å². The molecule has 0 aliphatic heterocycles. The van der Waals surface area contributed by atoms with Gasteiger partial charge < -0.3 is 25.0 Å². The molecular weight excluding hydrogens is 380 g/mol. The standard InChI is InChI=1S/C23H38N4O3/c1-5-29-20-13-12-18(16-21(20)30-6-2)14-15-24-23(25-17-22(28)27(3)4)26-19-10-8-7-9-11-19/h12-13,16,19H,5-11,14-15,17H2,1-4H3,(H2,24,25,26). The Morgan fingerprint density at radius 2 is 1.80 bits per heavy atom. The van der Waals surface area contributed by atoms with Gasteiger partial charge in [0.05, 0.1) is 13.2 Å². The molecule has 0 heterocycles. The summed E-state index contributed by atoms with van der Waals surface area (Å²) in [6.45, 7) is 6.01. The molecule has 1 saturated carbocycles. The Bertz CT molecular complexity index is 685. The van der Waals surface area contributed by atoms with Gasteiger partial charge in [-0.05, 0) is 50.8 Å². The molecular formula is C23H38N4O3. The minimum atomic E-state index is -0.00684. The number of nitrogens with zero attached hydrogens (tertiary/aromatic N) is 2. The summed E-state index contributed by atoms with van der Waals surface area (Å²) in [5.41, 5.74) is 1.16. The number of hydrogen-bond acceptors (Lipinski definition) is 4. The van der Waals surface area contributed by atoms with Crippen LogP contribution in [-0.4, -0.2) is 63.2 Å². The number of carbonyl (C=O) groups excluding carboxylic acids is 1. The first-order valence-corrected chi connectivity index (χ1v) is 11.2.